The lowest BCUT2D eigenvalue weighted by Gasteiger charge is -2.11. The number of hydrogen-bond acceptors (Lipinski definition) is 6. The smallest absolute Gasteiger partial charge is 0.224 e. The lowest BCUT2D eigenvalue weighted by Crippen LogP contribution is -2.06. The molecule has 1 spiro atoms. The normalized spacial score (nSPS) is 24.8. The molecule has 0 saturated heterocycles. The molecule has 0 aliphatic heterocycles. The Balaban J connectivity index is 1.36. The molecule has 0 aromatic carbocycles. The highest BCUT2D eigenvalue weighted by Crippen LogP contribution is 2.75. The number of ether oxygens (including phenoxy) is 2. The Hall–Kier alpha value is -3.02. The van der Waals surface area contributed by atoms with Crippen LogP contribution in [0.2, 0.25) is 0 Å². The van der Waals surface area contributed by atoms with Crippen LogP contribution in [0.4, 0.5) is 0 Å². The van der Waals surface area contributed by atoms with E-state index in [-0.39, 0.29) is 11.5 Å². The van der Waals surface area contributed by atoms with Crippen molar-refractivity contribution < 1.29 is 9.47 Å². The zero-order chi connectivity index (χ0) is 19.3. The monoisotopic (exact) mass is 374 g/mol. The maximum Gasteiger partial charge on any atom is 0.224 e. The van der Waals surface area contributed by atoms with Crippen molar-refractivity contribution in [1.29, 1.82) is 0 Å². The molecule has 5 rings (SSSR count). The summed E-state index contributed by atoms with van der Waals surface area (Å²) in [7, 11) is 1.66. The van der Waals surface area contributed by atoms with Gasteiger partial charge in [-0.2, -0.15) is 4.98 Å². The molecule has 2 saturated carbocycles. The van der Waals surface area contributed by atoms with Crippen molar-refractivity contribution in [3.8, 4) is 22.8 Å². The molecule has 6 heteroatoms. The number of aryl methyl sites for hydroxylation is 2. The van der Waals surface area contributed by atoms with Crippen molar-refractivity contribution in [1.82, 2.24) is 19.9 Å². The summed E-state index contributed by atoms with van der Waals surface area (Å²) in [6.45, 7) is 3.86. The lowest BCUT2D eigenvalue weighted by atomic mass is 10.1. The minimum Gasteiger partial charge on any atom is -0.495 e. The summed E-state index contributed by atoms with van der Waals surface area (Å²) in [5.41, 5.74) is 4.24. The van der Waals surface area contributed by atoms with E-state index in [1.165, 1.54) is 0 Å². The van der Waals surface area contributed by atoms with E-state index >= 15 is 0 Å². The Morgan fingerprint density at radius 1 is 1.04 bits per heavy atom. The van der Waals surface area contributed by atoms with Crippen LogP contribution in [0.3, 0.4) is 0 Å². The van der Waals surface area contributed by atoms with Crippen LogP contribution in [0, 0.1) is 19.3 Å². The number of nitrogens with zero attached hydrogens (tertiary/aromatic N) is 4. The third-order valence-corrected chi connectivity index (χ3v) is 5.85. The summed E-state index contributed by atoms with van der Waals surface area (Å²) in [6, 6.07) is 8.04. The fourth-order valence-electron chi connectivity index (χ4n) is 4.05. The van der Waals surface area contributed by atoms with Gasteiger partial charge in [0.05, 0.1) is 18.9 Å². The van der Waals surface area contributed by atoms with Gasteiger partial charge in [0.15, 0.2) is 0 Å². The average Bonchev–Trinajstić information content (AvgIpc) is 3.60. The van der Waals surface area contributed by atoms with Gasteiger partial charge >= 0.3 is 0 Å². The molecule has 2 aliphatic carbocycles. The summed E-state index contributed by atoms with van der Waals surface area (Å²) in [4.78, 5) is 17.8. The van der Waals surface area contributed by atoms with Gasteiger partial charge in [-0.15, -0.1) is 0 Å². The molecule has 3 aromatic rings. The van der Waals surface area contributed by atoms with E-state index in [0.717, 1.165) is 41.1 Å². The van der Waals surface area contributed by atoms with E-state index in [2.05, 4.69) is 26.0 Å². The topological polar surface area (TPSA) is 70.0 Å². The molecule has 0 amide bonds. The van der Waals surface area contributed by atoms with Gasteiger partial charge in [-0.3, -0.25) is 9.97 Å². The largest absolute Gasteiger partial charge is 0.495 e. The Morgan fingerprint density at radius 3 is 2.68 bits per heavy atom. The van der Waals surface area contributed by atoms with E-state index in [1.807, 2.05) is 38.2 Å². The second-order valence-electron chi connectivity index (χ2n) is 7.75. The number of hydrogen-bond donors (Lipinski definition) is 0. The quantitative estimate of drug-likeness (QED) is 0.675. The zero-order valence-corrected chi connectivity index (χ0v) is 16.2. The molecule has 2 fully saturated rings. The fraction of sp³-hybridized carbons (Fsp3) is 0.364. The first-order valence-electron chi connectivity index (χ1n) is 9.52. The second-order valence-corrected chi connectivity index (χ2v) is 7.75. The molecule has 3 heterocycles. The highest BCUT2D eigenvalue weighted by molar-refractivity contribution is 5.67. The molecule has 0 unspecified atom stereocenters. The van der Waals surface area contributed by atoms with Crippen molar-refractivity contribution in [3.63, 3.8) is 0 Å². The number of pyridine rings is 2. The molecule has 3 aromatic heterocycles. The van der Waals surface area contributed by atoms with E-state index < -0.39 is 0 Å². The Kier molecular flexibility index (Phi) is 3.82. The van der Waals surface area contributed by atoms with E-state index in [4.69, 9.17) is 9.47 Å². The summed E-state index contributed by atoms with van der Waals surface area (Å²) in [5.74, 6) is 2.62. The average molecular weight is 374 g/mol. The standard InChI is InChI=1S/C22H22N4O2/c1-13-8-15(6-7-23-13)17-12-24-14(2)26-21(17)28-20-10-22(20)9-18(22)19-5-4-16(27-3)11-25-19/h4-8,11-12,18,20H,9-10H2,1-3H3/t18-,20-,22+/m1/s1. The van der Waals surface area contributed by atoms with Crippen molar-refractivity contribution in [2.75, 3.05) is 7.11 Å². The van der Waals surface area contributed by atoms with Crippen molar-refractivity contribution >= 4 is 0 Å². The minimum absolute atomic E-state index is 0.178. The van der Waals surface area contributed by atoms with E-state index in [9.17, 15) is 0 Å². The van der Waals surface area contributed by atoms with Crippen LogP contribution < -0.4 is 9.47 Å². The van der Waals surface area contributed by atoms with Gasteiger partial charge < -0.3 is 9.47 Å². The molecule has 142 valence electrons. The molecular weight excluding hydrogens is 352 g/mol. The van der Waals surface area contributed by atoms with Crippen LogP contribution >= 0.6 is 0 Å². The zero-order valence-electron chi connectivity index (χ0n) is 16.2. The van der Waals surface area contributed by atoms with Crippen LogP contribution in [0.25, 0.3) is 11.1 Å². The predicted molar refractivity (Wildman–Crippen MR) is 104 cm³/mol. The number of aromatic nitrogens is 4. The van der Waals surface area contributed by atoms with Crippen LogP contribution in [0.1, 0.15) is 36.0 Å². The molecule has 2 aliphatic rings. The summed E-state index contributed by atoms with van der Waals surface area (Å²) >= 11 is 0. The number of rotatable bonds is 5. The molecule has 0 bridgehead atoms. The van der Waals surface area contributed by atoms with Crippen molar-refractivity contribution in [2.24, 2.45) is 5.41 Å². The Labute approximate surface area is 164 Å². The van der Waals surface area contributed by atoms with Crippen molar-refractivity contribution in [2.45, 2.75) is 38.7 Å². The van der Waals surface area contributed by atoms with Gasteiger partial charge in [0, 0.05) is 35.1 Å². The maximum absolute atomic E-state index is 6.38. The Morgan fingerprint density at radius 2 is 1.93 bits per heavy atom. The lowest BCUT2D eigenvalue weighted by molar-refractivity contribution is 0.267. The minimum atomic E-state index is 0.178. The fourth-order valence-corrected chi connectivity index (χ4v) is 4.05. The SMILES string of the molecule is COc1ccc([C@H]2C[C@]23C[C@H]3Oc2nc(C)ncc2-c2ccnc(C)c2)nc1. The molecule has 3 atom stereocenters. The summed E-state index contributed by atoms with van der Waals surface area (Å²) < 4.78 is 11.6. The Bertz CT molecular complexity index is 1040. The van der Waals surface area contributed by atoms with Gasteiger partial charge in [-0.25, -0.2) is 4.98 Å². The summed E-state index contributed by atoms with van der Waals surface area (Å²) in [6.07, 6.45) is 7.78. The van der Waals surface area contributed by atoms with Gasteiger partial charge in [0.1, 0.15) is 17.7 Å². The molecular formula is C22H22N4O2. The van der Waals surface area contributed by atoms with Gasteiger partial charge in [0.25, 0.3) is 0 Å². The highest BCUT2D eigenvalue weighted by atomic mass is 16.5. The van der Waals surface area contributed by atoms with Crippen LogP contribution in [-0.2, 0) is 0 Å². The first-order valence-corrected chi connectivity index (χ1v) is 9.52. The third-order valence-electron chi connectivity index (χ3n) is 5.85. The van der Waals surface area contributed by atoms with Crippen LogP contribution in [0.5, 0.6) is 11.6 Å². The first-order chi connectivity index (χ1) is 13.6. The number of methoxy groups -OCH3 is 1. The van der Waals surface area contributed by atoms with Gasteiger partial charge in [-0.05, 0) is 56.5 Å². The highest BCUT2D eigenvalue weighted by Gasteiger charge is 2.73. The summed E-state index contributed by atoms with van der Waals surface area (Å²) in [5, 5.41) is 0. The van der Waals surface area contributed by atoms with Crippen LogP contribution in [-0.4, -0.2) is 33.1 Å². The first kappa shape index (κ1) is 17.1. The second kappa shape index (κ2) is 6.26. The van der Waals surface area contributed by atoms with Crippen LogP contribution in [0.15, 0.2) is 42.9 Å². The molecule has 28 heavy (non-hydrogen) atoms. The van der Waals surface area contributed by atoms with Gasteiger partial charge in [-0.1, -0.05) is 0 Å². The molecule has 0 N–H and O–H groups in total. The predicted octanol–water partition coefficient (Wildman–Crippen LogP) is 3.88. The van der Waals surface area contributed by atoms with E-state index in [1.54, 1.807) is 19.5 Å². The van der Waals surface area contributed by atoms with Crippen molar-refractivity contribution in [3.05, 3.63) is 60.1 Å². The van der Waals surface area contributed by atoms with E-state index in [0.29, 0.717) is 17.6 Å². The molecule has 6 nitrogen and oxygen atoms in total. The third kappa shape index (κ3) is 2.89. The van der Waals surface area contributed by atoms with Gasteiger partial charge in [0.2, 0.25) is 5.88 Å². The molecule has 0 radical (unpaired) electrons. The maximum atomic E-state index is 6.38.